The third-order valence-corrected chi connectivity index (χ3v) is 3.74. The highest BCUT2D eigenvalue weighted by molar-refractivity contribution is 5.44. The van der Waals surface area contributed by atoms with Crippen molar-refractivity contribution < 1.29 is 0 Å². The van der Waals surface area contributed by atoms with Crippen LogP contribution < -0.4 is 5.32 Å². The van der Waals surface area contributed by atoms with Crippen molar-refractivity contribution in [1.82, 2.24) is 4.98 Å². The van der Waals surface area contributed by atoms with Crippen LogP contribution in [0.2, 0.25) is 0 Å². The first-order valence-electron chi connectivity index (χ1n) is 6.27. The molecule has 1 aromatic rings. The molecule has 1 unspecified atom stereocenters. The van der Waals surface area contributed by atoms with Gasteiger partial charge in [-0.3, -0.25) is 4.98 Å². The molecule has 0 bridgehead atoms. The third-order valence-electron chi connectivity index (χ3n) is 3.74. The maximum Gasteiger partial charge on any atom is 0.0393 e. The number of aryl methyl sites for hydroxylation is 1. The van der Waals surface area contributed by atoms with E-state index in [0.29, 0.717) is 11.5 Å². The van der Waals surface area contributed by atoms with Gasteiger partial charge in [-0.25, -0.2) is 0 Å². The smallest absolute Gasteiger partial charge is 0.0393 e. The Morgan fingerprint density at radius 1 is 1.38 bits per heavy atom. The fraction of sp³-hybridized carbons (Fsp3) is 0.643. The van der Waals surface area contributed by atoms with E-state index in [1.54, 1.807) is 0 Å². The molecule has 1 aromatic heterocycles. The summed E-state index contributed by atoms with van der Waals surface area (Å²) < 4.78 is 0. The van der Waals surface area contributed by atoms with E-state index in [0.717, 1.165) is 5.69 Å². The van der Waals surface area contributed by atoms with Crippen LogP contribution >= 0.6 is 0 Å². The van der Waals surface area contributed by atoms with Gasteiger partial charge in [0.25, 0.3) is 0 Å². The van der Waals surface area contributed by atoms with Crippen LogP contribution in [-0.4, -0.2) is 11.0 Å². The SMILES string of the molecule is Cc1cc(NC2CCCCC2(C)C)ccn1. The van der Waals surface area contributed by atoms with E-state index in [1.165, 1.54) is 31.4 Å². The Morgan fingerprint density at radius 2 is 2.19 bits per heavy atom. The van der Waals surface area contributed by atoms with E-state index in [1.807, 2.05) is 13.1 Å². The Kier molecular flexibility index (Phi) is 3.17. The average Bonchev–Trinajstić information content (AvgIpc) is 2.21. The quantitative estimate of drug-likeness (QED) is 0.817. The molecule has 2 rings (SSSR count). The standard InChI is InChI=1S/C14H22N2/c1-11-10-12(7-9-15-11)16-13-6-4-5-8-14(13,2)3/h7,9-10,13H,4-6,8H2,1-3H3,(H,15,16). The first kappa shape index (κ1) is 11.4. The predicted molar refractivity (Wildman–Crippen MR) is 68.6 cm³/mol. The summed E-state index contributed by atoms with van der Waals surface area (Å²) in [5, 5.41) is 3.67. The average molecular weight is 218 g/mol. The van der Waals surface area contributed by atoms with Gasteiger partial charge in [-0.2, -0.15) is 0 Å². The van der Waals surface area contributed by atoms with E-state index in [9.17, 15) is 0 Å². The Hall–Kier alpha value is -1.05. The van der Waals surface area contributed by atoms with Gasteiger partial charge < -0.3 is 5.32 Å². The largest absolute Gasteiger partial charge is 0.382 e. The van der Waals surface area contributed by atoms with Crippen LogP contribution in [0, 0.1) is 12.3 Å². The second kappa shape index (κ2) is 4.44. The van der Waals surface area contributed by atoms with Gasteiger partial charge in [0.1, 0.15) is 0 Å². The van der Waals surface area contributed by atoms with Crippen LogP contribution in [0.5, 0.6) is 0 Å². The topological polar surface area (TPSA) is 24.9 Å². The van der Waals surface area contributed by atoms with Crippen LogP contribution in [0.15, 0.2) is 18.3 Å². The molecule has 1 N–H and O–H groups in total. The van der Waals surface area contributed by atoms with Crippen molar-refractivity contribution in [2.24, 2.45) is 5.41 Å². The maximum absolute atomic E-state index is 4.23. The number of nitrogens with zero attached hydrogens (tertiary/aromatic N) is 1. The molecule has 2 heteroatoms. The minimum atomic E-state index is 0.412. The van der Waals surface area contributed by atoms with E-state index in [4.69, 9.17) is 0 Å². The fourth-order valence-electron chi connectivity index (χ4n) is 2.60. The Morgan fingerprint density at radius 3 is 2.88 bits per heavy atom. The highest BCUT2D eigenvalue weighted by atomic mass is 14.9. The molecule has 16 heavy (non-hydrogen) atoms. The summed E-state index contributed by atoms with van der Waals surface area (Å²) in [6.07, 6.45) is 7.22. The molecular formula is C14H22N2. The lowest BCUT2D eigenvalue weighted by molar-refractivity contribution is 0.217. The molecule has 0 aromatic carbocycles. The van der Waals surface area contributed by atoms with Crippen molar-refractivity contribution in [1.29, 1.82) is 0 Å². The zero-order valence-electron chi connectivity index (χ0n) is 10.6. The van der Waals surface area contributed by atoms with Crippen LogP contribution in [0.4, 0.5) is 5.69 Å². The summed E-state index contributed by atoms with van der Waals surface area (Å²) in [5.74, 6) is 0. The van der Waals surface area contributed by atoms with E-state index in [-0.39, 0.29) is 0 Å². The lowest BCUT2D eigenvalue weighted by Gasteiger charge is -2.39. The first-order chi connectivity index (χ1) is 7.58. The maximum atomic E-state index is 4.23. The van der Waals surface area contributed by atoms with Gasteiger partial charge in [-0.15, -0.1) is 0 Å². The molecule has 1 fully saturated rings. The van der Waals surface area contributed by atoms with Gasteiger partial charge in [0.15, 0.2) is 0 Å². The Labute approximate surface area is 98.5 Å². The minimum absolute atomic E-state index is 0.412. The molecule has 0 radical (unpaired) electrons. The molecule has 0 spiro atoms. The summed E-state index contributed by atoms with van der Waals surface area (Å²) in [5.41, 5.74) is 2.71. The zero-order valence-corrected chi connectivity index (χ0v) is 10.6. The summed E-state index contributed by atoms with van der Waals surface area (Å²) in [4.78, 5) is 4.23. The van der Waals surface area contributed by atoms with Crippen molar-refractivity contribution in [3.05, 3.63) is 24.0 Å². The molecule has 1 heterocycles. The van der Waals surface area contributed by atoms with Crippen molar-refractivity contribution >= 4 is 5.69 Å². The second-order valence-corrected chi connectivity index (χ2v) is 5.62. The summed E-state index contributed by atoms with van der Waals surface area (Å²) in [6.45, 7) is 6.78. The lowest BCUT2D eigenvalue weighted by Crippen LogP contribution is -2.38. The molecule has 1 aliphatic carbocycles. The number of hydrogen-bond donors (Lipinski definition) is 1. The van der Waals surface area contributed by atoms with E-state index >= 15 is 0 Å². The highest BCUT2D eigenvalue weighted by Crippen LogP contribution is 2.37. The molecule has 0 amide bonds. The van der Waals surface area contributed by atoms with E-state index < -0.39 is 0 Å². The molecular weight excluding hydrogens is 196 g/mol. The summed E-state index contributed by atoms with van der Waals surface area (Å²) >= 11 is 0. The molecule has 0 saturated heterocycles. The summed E-state index contributed by atoms with van der Waals surface area (Å²) in [6, 6.07) is 4.80. The number of hydrogen-bond acceptors (Lipinski definition) is 2. The lowest BCUT2D eigenvalue weighted by atomic mass is 9.73. The fourth-order valence-corrected chi connectivity index (χ4v) is 2.60. The van der Waals surface area contributed by atoms with Crippen molar-refractivity contribution in [3.8, 4) is 0 Å². The molecule has 1 saturated carbocycles. The molecule has 88 valence electrons. The number of nitrogens with one attached hydrogen (secondary N) is 1. The van der Waals surface area contributed by atoms with Crippen LogP contribution in [0.1, 0.15) is 45.2 Å². The number of anilines is 1. The Balaban J connectivity index is 2.08. The molecule has 0 aliphatic heterocycles. The van der Waals surface area contributed by atoms with Crippen molar-refractivity contribution in [2.75, 3.05) is 5.32 Å². The zero-order chi connectivity index (χ0) is 11.6. The van der Waals surface area contributed by atoms with Crippen LogP contribution in [0.3, 0.4) is 0 Å². The number of aromatic nitrogens is 1. The minimum Gasteiger partial charge on any atom is -0.382 e. The first-order valence-corrected chi connectivity index (χ1v) is 6.27. The third kappa shape index (κ3) is 2.55. The molecule has 1 aliphatic rings. The number of pyridine rings is 1. The van der Waals surface area contributed by atoms with Gasteiger partial charge in [0.05, 0.1) is 0 Å². The molecule has 1 atom stereocenters. The van der Waals surface area contributed by atoms with Gasteiger partial charge in [-0.1, -0.05) is 26.7 Å². The van der Waals surface area contributed by atoms with Crippen molar-refractivity contribution in [2.45, 2.75) is 52.5 Å². The number of rotatable bonds is 2. The van der Waals surface area contributed by atoms with Gasteiger partial charge in [0, 0.05) is 23.6 Å². The van der Waals surface area contributed by atoms with Gasteiger partial charge >= 0.3 is 0 Å². The predicted octanol–water partition coefficient (Wildman–Crippen LogP) is 3.77. The van der Waals surface area contributed by atoms with Crippen LogP contribution in [0.25, 0.3) is 0 Å². The van der Waals surface area contributed by atoms with Gasteiger partial charge in [-0.05, 0) is 37.3 Å². The van der Waals surface area contributed by atoms with Gasteiger partial charge in [0.2, 0.25) is 0 Å². The van der Waals surface area contributed by atoms with E-state index in [2.05, 4.69) is 36.3 Å². The summed E-state index contributed by atoms with van der Waals surface area (Å²) in [7, 11) is 0. The Bertz CT molecular complexity index is 358. The molecule has 2 nitrogen and oxygen atoms in total. The van der Waals surface area contributed by atoms with Crippen molar-refractivity contribution in [3.63, 3.8) is 0 Å². The monoisotopic (exact) mass is 218 g/mol. The second-order valence-electron chi connectivity index (χ2n) is 5.62. The normalized spacial score (nSPS) is 24.1. The highest BCUT2D eigenvalue weighted by Gasteiger charge is 2.31. The van der Waals surface area contributed by atoms with Crippen LogP contribution in [-0.2, 0) is 0 Å².